The summed E-state index contributed by atoms with van der Waals surface area (Å²) in [6.45, 7) is 1.42. The van der Waals surface area contributed by atoms with Gasteiger partial charge in [0.25, 0.3) is 0 Å². The number of carboxylic acid groups (broad SMARTS) is 2. The Bertz CT molecular complexity index is 253. The molecule has 0 bridgehead atoms. The number of aliphatic carboxylic acids is 2. The van der Waals surface area contributed by atoms with Gasteiger partial charge in [-0.25, -0.2) is 0 Å². The van der Waals surface area contributed by atoms with E-state index in [-0.39, 0.29) is 0 Å². The lowest BCUT2D eigenvalue weighted by Crippen LogP contribution is -2.28. The molecule has 0 aromatic rings. The second kappa shape index (κ2) is 8.21. The van der Waals surface area contributed by atoms with Crippen LogP contribution in [0.3, 0.4) is 0 Å². The van der Waals surface area contributed by atoms with Crippen LogP contribution in [-0.2, 0) is 18.4 Å². The molecule has 0 spiro atoms. The molecule has 2 atom stereocenters. The standard InChI is InChI=1S/C10H20O6Si/c1-7(9(11)12)8(10(13)14)5-4-6-17(15-2)16-3/h7-8,17H,4-6H2,1-3H3,(H,11,12)(H,13,14). The minimum Gasteiger partial charge on any atom is -0.481 e. The lowest BCUT2D eigenvalue weighted by Gasteiger charge is -2.17. The molecule has 0 radical (unpaired) electrons. The molecule has 0 amide bonds. The molecular weight excluding hydrogens is 244 g/mol. The van der Waals surface area contributed by atoms with Crippen molar-refractivity contribution in [2.24, 2.45) is 11.8 Å². The highest BCUT2D eigenvalue weighted by atomic mass is 28.3. The van der Waals surface area contributed by atoms with Gasteiger partial charge in [0.15, 0.2) is 0 Å². The van der Waals surface area contributed by atoms with Gasteiger partial charge >= 0.3 is 21.2 Å². The van der Waals surface area contributed by atoms with E-state index in [9.17, 15) is 9.59 Å². The molecule has 2 unspecified atom stereocenters. The van der Waals surface area contributed by atoms with E-state index in [2.05, 4.69) is 0 Å². The highest BCUT2D eigenvalue weighted by molar-refractivity contribution is 6.44. The third-order valence-electron chi connectivity index (χ3n) is 2.79. The van der Waals surface area contributed by atoms with Crippen LogP contribution in [0.15, 0.2) is 0 Å². The second-order valence-electron chi connectivity index (χ2n) is 3.90. The van der Waals surface area contributed by atoms with Crippen LogP contribution in [0, 0.1) is 11.8 Å². The number of hydrogen-bond donors (Lipinski definition) is 2. The van der Waals surface area contributed by atoms with Crippen molar-refractivity contribution in [2.45, 2.75) is 25.8 Å². The van der Waals surface area contributed by atoms with Gasteiger partial charge < -0.3 is 19.1 Å². The lowest BCUT2D eigenvalue weighted by atomic mass is 9.90. The van der Waals surface area contributed by atoms with Crippen molar-refractivity contribution in [3.63, 3.8) is 0 Å². The van der Waals surface area contributed by atoms with Crippen LogP contribution in [0.5, 0.6) is 0 Å². The Hall–Kier alpha value is -0.923. The summed E-state index contributed by atoms with van der Waals surface area (Å²) in [6.07, 6.45) is 0.937. The van der Waals surface area contributed by atoms with Crippen molar-refractivity contribution in [3.05, 3.63) is 0 Å². The molecule has 7 heteroatoms. The molecule has 0 saturated heterocycles. The molecular formula is C10H20O6Si. The average molecular weight is 264 g/mol. The molecule has 100 valence electrons. The maximum absolute atomic E-state index is 10.9. The van der Waals surface area contributed by atoms with Crippen molar-refractivity contribution in [3.8, 4) is 0 Å². The summed E-state index contributed by atoms with van der Waals surface area (Å²) < 4.78 is 10.2. The normalized spacial score (nSPS) is 14.6. The van der Waals surface area contributed by atoms with Crippen molar-refractivity contribution >= 4 is 21.2 Å². The van der Waals surface area contributed by atoms with E-state index in [0.717, 1.165) is 0 Å². The fourth-order valence-electron chi connectivity index (χ4n) is 1.60. The lowest BCUT2D eigenvalue weighted by molar-refractivity contribution is -0.153. The smallest absolute Gasteiger partial charge is 0.320 e. The minimum atomic E-state index is -1.68. The van der Waals surface area contributed by atoms with E-state index >= 15 is 0 Å². The average Bonchev–Trinajstić information content (AvgIpc) is 2.28. The Morgan fingerprint density at radius 2 is 1.71 bits per heavy atom. The zero-order valence-corrected chi connectivity index (χ0v) is 11.5. The molecule has 0 aromatic heterocycles. The number of carboxylic acids is 2. The van der Waals surface area contributed by atoms with Crippen molar-refractivity contribution in [2.75, 3.05) is 14.2 Å². The molecule has 0 aromatic carbocycles. The van der Waals surface area contributed by atoms with E-state index in [1.54, 1.807) is 14.2 Å². The first kappa shape index (κ1) is 16.1. The van der Waals surface area contributed by atoms with Gasteiger partial charge in [0.2, 0.25) is 0 Å². The van der Waals surface area contributed by atoms with Crippen LogP contribution in [0.25, 0.3) is 0 Å². The summed E-state index contributed by atoms with van der Waals surface area (Å²) in [5.41, 5.74) is 0. The molecule has 0 saturated carbocycles. The van der Waals surface area contributed by atoms with E-state index in [1.165, 1.54) is 6.92 Å². The minimum absolute atomic E-state index is 0.332. The summed E-state index contributed by atoms with van der Waals surface area (Å²) in [5.74, 6) is -3.87. The number of hydrogen-bond acceptors (Lipinski definition) is 4. The van der Waals surface area contributed by atoms with Crippen LogP contribution < -0.4 is 0 Å². The monoisotopic (exact) mass is 264 g/mol. The Labute approximate surface area is 102 Å². The van der Waals surface area contributed by atoms with E-state index in [4.69, 9.17) is 19.1 Å². The van der Waals surface area contributed by atoms with Gasteiger partial charge in [0.05, 0.1) is 11.8 Å². The molecule has 0 aliphatic heterocycles. The van der Waals surface area contributed by atoms with Crippen LogP contribution in [-0.4, -0.2) is 45.7 Å². The van der Waals surface area contributed by atoms with E-state index in [1.807, 2.05) is 0 Å². The second-order valence-corrected chi connectivity index (χ2v) is 6.28. The molecule has 0 fully saturated rings. The quantitative estimate of drug-likeness (QED) is 0.595. The summed E-state index contributed by atoms with van der Waals surface area (Å²) in [7, 11) is 1.45. The SMILES string of the molecule is CO[SiH](CCCC(C(=O)O)C(C)C(=O)O)OC. The first-order valence-corrected chi connectivity index (χ1v) is 7.21. The molecule has 0 aliphatic carbocycles. The summed E-state index contributed by atoms with van der Waals surface area (Å²) in [4.78, 5) is 21.7. The largest absolute Gasteiger partial charge is 0.481 e. The van der Waals surface area contributed by atoms with Crippen molar-refractivity contribution < 1.29 is 28.7 Å². The fraction of sp³-hybridized carbons (Fsp3) is 0.800. The van der Waals surface area contributed by atoms with Gasteiger partial charge in [0.1, 0.15) is 0 Å². The van der Waals surface area contributed by atoms with Crippen LogP contribution >= 0.6 is 0 Å². The summed E-state index contributed by atoms with van der Waals surface area (Å²) in [6, 6.07) is 0.684. The van der Waals surface area contributed by atoms with Gasteiger partial charge in [-0.1, -0.05) is 13.3 Å². The molecule has 0 aliphatic rings. The van der Waals surface area contributed by atoms with E-state index in [0.29, 0.717) is 18.9 Å². The Morgan fingerprint density at radius 3 is 2.06 bits per heavy atom. The molecule has 6 nitrogen and oxygen atoms in total. The zero-order chi connectivity index (χ0) is 13.4. The fourth-order valence-corrected chi connectivity index (χ4v) is 2.83. The Balaban J connectivity index is 4.19. The third-order valence-corrected chi connectivity index (χ3v) is 4.72. The van der Waals surface area contributed by atoms with Gasteiger partial charge in [-0.2, -0.15) is 0 Å². The van der Waals surface area contributed by atoms with Crippen molar-refractivity contribution in [1.82, 2.24) is 0 Å². The third kappa shape index (κ3) is 5.80. The topological polar surface area (TPSA) is 93.1 Å². The molecule has 0 rings (SSSR count). The van der Waals surface area contributed by atoms with Gasteiger partial charge in [-0.3, -0.25) is 9.59 Å². The zero-order valence-electron chi connectivity index (χ0n) is 10.4. The predicted octanol–water partition coefficient (Wildman–Crippen LogP) is 0.701. The first-order valence-electron chi connectivity index (χ1n) is 5.45. The maximum atomic E-state index is 10.9. The molecule has 2 N–H and O–H groups in total. The Kier molecular flexibility index (Phi) is 7.76. The molecule has 0 heterocycles. The highest BCUT2D eigenvalue weighted by Crippen LogP contribution is 2.20. The van der Waals surface area contributed by atoms with Crippen LogP contribution in [0.4, 0.5) is 0 Å². The Morgan fingerprint density at radius 1 is 1.18 bits per heavy atom. The van der Waals surface area contributed by atoms with Crippen LogP contribution in [0.1, 0.15) is 19.8 Å². The molecule has 17 heavy (non-hydrogen) atoms. The van der Waals surface area contributed by atoms with Gasteiger partial charge in [-0.15, -0.1) is 0 Å². The first-order chi connectivity index (χ1) is 7.93. The van der Waals surface area contributed by atoms with Gasteiger partial charge in [0, 0.05) is 14.2 Å². The van der Waals surface area contributed by atoms with Crippen LogP contribution in [0.2, 0.25) is 6.04 Å². The van der Waals surface area contributed by atoms with Crippen molar-refractivity contribution in [1.29, 1.82) is 0 Å². The highest BCUT2D eigenvalue weighted by Gasteiger charge is 2.29. The maximum Gasteiger partial charge on any atom is 0.320 e. The summed E-state index contributed by atoms with van der Waals surface area (Å²) in [5, 5.41) is 17.8. The van der Waals surface area contributed by atoms with Gasteiger partial charge in [-0.05, 0) is 12.5 Å². The van der Waals surface area contributed by atoms with E-state index < -0.39 is 33.1 Å². The number of carbonyl (C=O) groups is 2. The number of rotatable bonds is 9. The predicted molar refractivity (Wildman–Crippen MR) is 63.1 cm³/mol. The summed E-state index contributed by atoms with van der Waals surface area (Å²) >= 11 is 0.